The van der Waals surface area contributed by atoms with Gasteiger partial charge in [0.1, 0.15) is 0 Å². The smallest absolute Gasteiger partial charge is 0.0926 e. The maximum absolute atomic E-state index is 4.65. The number of nitrogens with zero attached hydrogens (tertiary/aromatic N) is 2. The van der Waals surface area contributed by atoms with Gasteiger partial charge in [0.15, 0.2) is 0 Å². The fraction of sp³-hybridized carbons (Fsp3) is 0.250. The van der Waals surface area contributed by atoms with Gasteiger partial charge in [-0.05, 0) is 40.4 Å². The van der Waals surface area contributed by atoms with E-state index in [9.17, 15) is 0 Å². The molecule has 0 saturated carbocycles. The topological polar surface area (TPSA) is 47.7 Å². The molecule has 3 aromatic heterocycles. The van der Waals surface area contributed by atoms with Crippen LogP contribution in [0.4, 0.5) is 0 Å². The molecule has 25 heavy (non-hydrogen) atoms. The predicted octanol–water partition coefficient (Wildman–Crippen LogP) is 4.41. The molecule has 1 atom stereocenters. The zero-order valence-corrected chi connectivity index (χ0v) is 14.9. The first kappa shape index (κ1) is 14.9. The Morgan fingerprint density at radius 1 is 1.28 bits per heavy atom. The Morgan fingerprint density at radius 3 is 3.12 bits per heavy atom. The summed E-state index contributed by atoms with van der Waals surface area (Å²) in [6, 6.07) is 8.99. The van der Waals surface area contributed by atoms with Crippen molar-refractivity contribution in [3.63, 3.8) is 0 Å². The van der Waals surface area contributed by atoms with Crippen molar-refractivity contribution in [2.75, 3.05) is 6.54 Å². The van der Waals surface area contributed by atoms with E-state index in [-0.39, 0.29) is 6.04 Å². The summed E-state index contributed by atoms with van der Waals surface area (Å²) in [5, 5.41) is 5.74. The average Bonchev–Trinajstić information content (AvgIpc) is 3.36. The van der Waals surface area contributed by atoms with E-state index in [0.29, 0.717) is 0 Å². The molecule has 0 saturated heterocycles. The molecular formula is C20H20N4S. The molecule has 4 heterocycles. The molecule has 4 aromatic rings. The van der Waals surface area contributed by atoms with Gasteiger partial charge in [0.25, 0.3) is 0 Å². The van der Waals surface area contributed by atoms with Crippen LogP contribution in [0.1, 0.15) is 34.1 Å². The quantitative estimate of drug-likeness (QED) is 0.576. The molecule has 0 fully saturated rings. The fourth-order valence-corrected chi connectivity index (χ4v) is 4.69. The SMILES string of the molecule is Cc1cccc2c(CN3CCc4[nH]cnc4[C@H]3c3ccsc3)c[nH]c12. The Kier molecular flexibility index (Phi) is 3.50. The van der Waals surface area contributed by atoms with Gasteiger partial charge < -0.3 is 9.97 Å². The molecule has 0 bridgehead atoms. The van der Waals surface area contributed by atoms with Crippen LogP contribution in [0.2, 0.25) is 0 Å². The number of nitrogens with one attached hydrogen (secondary N) is 2. The highest BCUT2D eigenvalue weighted by Crippen LogP contribution is 2.36. The molecular weight excluding hydrogens is 328 g/mol. The summed E-state index contributed by atoms with van der Waals surface area (Å²) in [6.45, 7) is 4.12. The number of fused-ring (bicyclic) bond motifs is 2. The van der Waals surface area contributed by atoms with E-state index in [1.165, 1.54) is 39.0 Å². The highest BCUT2D eigenvalue weighted by Gasteiger charge is 2.31. The molecule has 5 heteroatoms. The van der Waals surface area contributed by atoms with Crippen LogP contribution in [0.5, 0.6) is 0 Å². The van der Waals surface area contributed by atoms with Crippen molar-refractivity contribution in [1.29, 1.82) is 0 Å². The third-order valence-electron chi connectivity index (χ3n) is 5.27. The first-order valence-corrected chi connectivity index (χ1v) is 9.59. The molecule has 2 N–H and O–H groups in total. The summed E-state index contributed by atoms with van der Waals surface area (Å²) < 4.78 is 0. The lowest BCUT2D eigenvalue weighted by molar-refractivity contribution is 0.201. The molecule has 126 valence electrons. The van der Waals surface area contributed by atoms with Crippen molar-refractivity contribution in [2.24, 2.45) is 0 Å². The second-order valence-corrected chi connectivity index (χ2v) is 7.54. The predicted molar refractivity (Wildman–Crippen MR) is 102 cm³/mol. The zero-order valence-electron chi connectivity index (χ0n) is 14.1. The second-order valence-electron chi connectivity index (χ2n) is 6.76. The lowest BCUT2D eigenvalue weighted by Crippen LogP contribution is -2.35. The number of aromatic nitrogens is 3. The number of H-pyrrole nitrogens is 2. The summed E-state index contributed by atoms with van der Waals surface area (Å²) in [7, 11) is 0. The van der Waals surface area contributed by atoms with Gasteiger partial charge in [0, 0.05) is 42.3 Å². The summed E-state index contributed by atoms with van der Waals surface area (Å²) in [5.41, 5.74) is 7.71. The van der Waals surface area contributed by atoms with Gasteiger partial charge in [-0.2, -0.15) is 11.3 Å². The van der Waals surface area contributed by atoms with Crippen molar-refractivity contribution in [2.45, 2.75) is 25.9 Å². The van der Waals surface area contributed by atoms with E-state index in [2.05, 4.69) is 68.0 Å². The first-order chi connectivity index (χ1) is 12.3. The van der Waals surface area contributed by atoms with Crippen LogP contribution < -0.4 is 0 Å². The zero-order chi connectivity index (χ0) is 16.8. The van der Waals surface area contributed by atoms with Gasteiger partial charge in [-0.25, -0.2) is 4.98 Å². The van der Waals surface area contributed by atoms with Gasteiger partial charge in [-0.1, -0.05) is 18.2 Å². The molecule has 4 nitrogen and oxygen atoms in total. The molecule has 0 unspecified atom stereocenters. The van der Waals surface area contributed by atoms with Crippen molar-refractivity contribution in [3.8, 4) is 0 Å². The number of hydrogen-bond donors (Lipinski definition) is 2. The monoisotopic (exact) mass is 348 g/mol. The van der Waals surface area contributed by atoms with E-state index in [1.807, 2.05) is 6.33 Å². The minimum Gasteiger partial charge on any atom is -0.361 e. The number of thiophene rings is 1. The van der Waals surface area contributed by atoms with E-state index in [4.69, 9.17) is 0 Å². The maximum Gasteiger partial charge on any atom is 0.0926 e. The Bertz CT molecular complexity index is 1010. The Balaban J connectivity index is 1.55. The molecule has 1 aromatic carbocycles. The van der Waals surface area contributed by atoms with E-state index < -0.39 is 0 Å². The van der Waals surface area contributed by atoms with Crippen LogP contribution in [0.15, 0.2) is 47.5 Å². The average molecular weight is 348 g/mol. The standard InChI is InChI=1S/C20H20N4S/c1-13-3-2-4-16-15(9-21-18(13)16)10-24-7-5-17-19(23-12-22-17)20(24)14-6-8-25-11-14/h2-4,6,8-9,11-12,20-21H,5,7,10H2,1H3,(H,22,23)/t20-/m1/s1. The first-order valence-electron chi connectivity index (χ1n) is 8.65. The van der Waals surface area contributed by atoms with E-state index >= 15 is 0 Å². The van der Waals surface area contributed by atoms with Crippen molar-refractivity contribution >= 4 is 22.2 Å². The maximum atomic E-state index is 4.65. The van der Waals surface area contributed by atoms with Crippen molar-refractivity contribution < 1.29 is 0 Å². The highest BCUT2D eigenvalue weighted by atomic mass is 32.1. The molecule has 1 aliphatic heterocycles. The van der Waals surface area contributed by atoms with Crippen LogP contribution in [-0.4, -0.2) is 26.4 Å². The lowest BCUT2D eigenvalue weighted by Gasteiger charge is -2.34. The van der Waals surface area contributed by atoms with Gasteiger partial charge >= 0.3 is 0 Å². The summed E-state index contributed by atoms with van der Waals surface area (Å²) in [6.07, 6.45) is 5.03. The Morgan fingerprint density at radius 2 is 2.24 bits per heavy atom. The Labute approximate surface area is 150 Å². The highest BCUT2D eigenvalue weighted by molar-refractivity contribution is 7.08. The number of rotatable bonds is 3. The number of benzene rings is 1. The molecule has 0 radical (unpaired) electrons. The van der Waals surface area contributed by atoms with Gasteiger partial charge in [0.2, 0.25) is 0 Å². The summed E-state index contributed by atoms with van der Waals surface area (Å²) in [5.74, 6) is 0. The molecule has 0 amide bonds. The molecule has 5 rings (SSSR count). The van der Waals surface area contributed by atoms with Crippen molar-refractivity contribution in [1.82, 2.24) is 19.9 Å². The van der Waals surface area contributed by atoms with E-state index in [1.54, 1.807) is 11.3 Å². The third-order valence-corrected chi connectivity index (χ3v) is 5.97. The normalized spacial score (nSPS) is 17.9. The molecule has 0 spiro atoms. The van der Waals surface area contributed by atoms with Crippen LogP contribution in [0.3, 0.4) is 0 Å². The minimum absolute atomic E-state index is 0.232. The minimum atomic E-state index is 0.232. The summed E-state index contributed by atoms with van der Waals surface area (Å²) >= 11 is 1.75. The molecule has 1 aliphatic rings. The fourth-order valence-electron chi connectivity index (χ4n) is 4.01. The van der Waals surface area contributed by atoms with Crippen molar-refractivity contribution in [3.05, 3.63) is 75.6 Å². The van der Waals surface area contributed by atoms with Crippen LogP contribution in [0.25, 0.3) is 10.9 Å². The third kappa shape index (κ3) is 2.42. The van der Waals surface area contributed by atoms with Gasteiger partial charge in [0.05, 0.1) is 18.1 Å². The molecule has 0 aliphatic carbocycles. The van der Waals surface area contributed by atoms with Gasteiger partial charge in [-0.15, -0.1) is 0 Å². The lowest BCUT2D eigenvalue weighted by atomic mass is 9.97. The van der Waals surface area contributed by atoms with Crippen LogP contribution >= 0.6 is 11.3 Å². The van der Waals surface area contributed by atoms with E-state index in [0.717, 1.165) is 19.5 Å². The number of aryl methyl sites for hydroxylation is 1. The number of aromatic amines is 2. The number of para-hydroxylation sites is 1. The Hall–Kier alpha value is -2.37. The van der Waals surface area contributed by atoms with Crippen LogP contribution in [0, 0.1) is 6.92 Å². The summed E-state index contributed by atoms with van der Waals surface area (Å²) in [4.78, 5) is 14.0. The largest absolute Gasteiger partial charge is 0.361 e. The number of imidazole rings is 1. The van der Waals surface area contributed by atoms with Gasteiger partial charge in [-0.3, -0.25) is 4.90 Å². The van der Waals surface area contributed by atoms with Crippen LogP contribution in [-0.2, 0) is 13.0 Å². The second kappa shape index (κ2) is 5.86. The number of hydrogen-bond acceptors (Lipinski definition) is 3.